The summed E-state index contributed by atoms with van der Waals surface area (Å²) in [6.07, 6.45) is 1.97. The van der Waals surface area contributed by atoms with Crippen molar-refractivity contribution in [2.75, 3.05) is 6.61 Å². The minimum atomic E-state index is -0.181. The van der Waals surface area contributed by atoms with Crippen molar-refractivity contribution in [3.63, 3.8) is 0 Å². The molecule has 0 aliphatic heterocycles. The van der Waals surface area contributed by atoms with Crippen LogP contribution in [-0.4, -0.2) is 21.7 Å². The van der Waals surface area contributed by atoms with Crippen LogP contribution in [0, 0.1) is 20.8 Å². The van der Waals surface area contributed by atoms with Crippen LogP contribution < -0.4 is 0 Å². The predicted molar refractivity (Wildman–Crippen MR) is 79.7 cm³/mol. The van der Waals surface area contributed by atoms with Crippen LogP contribution in [0.15, 0.2) is 24.3 Å². The van der Waals surface area contributed by atoms with E-state index in [4.69, 9.17) is 4.98 Å². The van der Waals surface area contributed by atoms with Crippen LogP contribution in [0.2, 0.25) is 0 Å². The van der Waals surface area contributed by atoms with Crippen LogP contribution in [0.5, 0.6) is 0 Å². The van der Waals surface area contributed by atoms with E-state index < -0.39 is 0 Å². The van der Waals surface area contributed by atoms with E-state index in [0.717, 1.165) is 35.6 Å². The molecule has 1 aromatic carbocycles. The molecule has 1 aliphatic carbocycles. The minimum Gasteiger partial charge on any atom is -0.395 e. The Labute approximate surface area is 119 Å². The summed E-state index contributed by atoms with van der Waals surface area (Å²) in [6.45, 7) is 6.34. The van der Waals surface area contributed by atoms with Crippen LogP contribution in [0.25, 0.3) is 11.3 Å². The Morgan fingerprint density at radius 3 is 2.45 bits per heavy atom. The molecular weight excluding hydrogens is 248 g/mol. The van der Waals surface area contributed by atoms with E-state index in [1.165, 1.54) is 11.1 Å². The molecule has 1 N–H and O–H groups in total. The number of rotatable bonds is 3. The lowest BCUT2D eigenvalue weighted by atomic mass is 10.0. The highest BCUT2D eigenvalue weighted by atomic mass is 16.3. The zero-order valence-corrected chi connectivity index (χ0v) is 12.3. The first-order valence-corrected chi connectivity index (χ1v) is 7.09. The smallest absolute Gasteiger partial charge is 0.137 e. The van der Waals surface area contributed by atoms with Gasteiger partial charge in [-0.3, -0.25) is 0 Å². The predicted octanol–water partition coefficient (Wildman–Crippen LogP) is 3.09. The van der Waals surface area contributed by atoms with Gasteiger partial charge in [0.25, 0.3) is 0 Å². The van der Waals surface area contributed by atoms with Gasteiger partial charge in [0.2, 0.25) is 0 Å². The van der Waals surface area contributed by atoms with Gasteiger partial charge in [0, 0.05) is 11.3 Å². The number of hydrogen-bond acceptors (Lipinski definition) is 3. The molecule has 0 bridgehead atoms. The van der Waals surface area contributed by atoms with E-state index >= 15 is 0 Å². The van der Waals surface area contributed by atoms with Crippen molar-refractivity contribution in [1.82, 2.24) is 9.97 Å². The summed E-state index contributed by atoms with van der Waals surface area (Å²) in [6, 6.07) is 8.42. The van der Waals surface area contributed by atoms with Gasteiger partial charge in [0.15, 0.2) is 0 Å². The topological polar surface area (TPSA) is 46.0 Å². The van der Waals surface area contributed by atoms with Gasteiger partial charge in [-0.25, -0.2) is 9.97 Å². The summed E-state index contributed by atoms with van der Waals surface area (Å²) in [5.41, 5.74) is 5.37. The second-order valence-electron chi connectivity index (χ2n) is 5.97. The standard InChI is InChI=1S/C17H20N2O/c1-11-4-5-14(12(2)8-11)15-9-13(3)18-16(19-15)17(10-20)6-7-17/h4-5,8-9,20H,6-7,10H2,1-3H3. The monoisotopic (exact) mass is 268 g/mol. The molecule has 0 spiro atoms. The van der Waals surface area contributed by atoms with Gasteiger partial charge in [-0.1, -0.05) is 23.8 Å². The Balaban J connectivity index is 2.10. The maximum Gasteiger partial charge on any atom is 0.137 e. The number of benzene rings is 1. The quantitative estimate of drug-likeness (QED) is 0.930. The maximum absolute atomic E-state index is 9.57. The van der Waals surface area contributed by atoms with Crippen molar-refractivity contribution in [2.45, 2.75) is 39.0 Å². The Morgan fingerprint density at radius 2 is 1.85 bits per heavy atom. The molecule has 0 unspecified atom stereocenters. The zero-order valence-electron chi connectivity index (χ0n) is 12.3. The van der Waals surface area contributed by atoms with Gasteiger partial charge in [0.05, 0.1) is 17.7 Å². The van der Waals surface area contributed by atoms with Crippen LogP contribution >= 0.6 is 0 Å². The third kappa shape index (κ3) is 2.22. The molecule has 0 saturated heterocycles. The second-order valence-corrected chi connectivity index (χ2v) is 5.97. The van der Waals surface area contributed by atoms with E-state index in [1.54, 1.807) is 0 Å². The van der Waals surface area contributed by atoms with Crippen molar-refractivity contribution >= 4 is 0 Å². The van der Waals surface area contributed by atoms with E-state index in [0.29, 0.717) is 0 Å². The molecule has 1 heterocycles. The average molecular weight is 268 g/mol. The normalized spacial score (nSPS) is 16.2. The fourth-order valence-corrected chi connectivity index (χ4v) is 2.65. The Hall–Kier alpha value is -1.74. The number of aryl methyl sites for hydroxylation is 3. The Kier molecular flexibility index (Phi) is 3.09. The van der Waals surface area contributed by atoms with Gasteiger partial charge in [0.1, 0.15) is 5.82 Å². The summed E-state index contributed by atoms with van der Waals surface area (Å²) in [7, 11) is 0. The lowest BCUT2D eigenvalue weighted by Crippen LogP contribution is -2.17. The van der Waals surface area contributed by atoms with Gasteiger partial charge in [-0.2, -0.15) is 0 Å². The highest BCUT2D eigenvalue weighted by Gasteiger charge is 2.46. The fraction of sp³-hybridized carbons (Fsp3) is 0.412. The molecule has 0 amide bonds. The molecule has 20 heavy (non-hydrogen) atoms. The van der Waals surface area contributed by atoms with Gasteiger partial charge in [-0.05, 0) is 45.2 Å². The third-order valence-corrected chi connectivity index (χ3v) is 4.14. The number of aliphatic hydroxyl groups is 1. The average Bonchev–Trinajstić information content (AvgIpc) is 3.19. The van der Waals surface area contributed by atoms with Gasteiger partial charge in [-0.15, -0.1) is 0 Å². The van der Waals surface area contributed by atoms with Crippen molar-refractivity contribution in [3.8, 4) is 11.3 Å². The van der Waals surface area contributed by atoms with E-state index in [2.05, 4.69) is 37.0 Å². The zero-order chi connectivity index (χ0) is 14.3. The summed E-state index contributed by atoms with van der Waals surface area (Å²) < 4.78 is 0. The maximum atomic E-state index is 9.57. The van der Waals surface area contributed by atoms with E-state index in [9.17, 15) is 5.11 Å². The molecular formula is C17H20N2O. The number of hydrogen-bond donors (Lipinski definition) is 1. The number of nitrogens with zero attached hydrogens (tertiary/aromatic N) is 2. The highest BCUT2D eigenvalue weighted by molar-refractivity contribution is 5.64. The van der Waals surface area contributed by atoms with Crippen LogP contribution in [0.4, 0.5) is 0 Å². The molecule has 1 aliphatic rings. The number of aromatic nitrogens is 2. The number of aliphatic hydroxyl groups excluding tert-OH is 1. The van der Waals surface area contributed by atoms with Crippen molar-refractivity contribution in [1.29, 1.82) is 0 Å². The van der Waals surface area contributed by atoms with Crippen LogP contribution in [0.3, 0.4) is 0 Å². The van der Waals surface area contributed by atoms with Crippen molar-refractivity contribution in [3.05, 3.63) is 46.9 Å². The molecule has 0 atom stereocenters. The molecule has 3 nitrogen and oxygen atoms in total. The molecule has 0 radical (unpaired) electrons. The van der Waals surface area contributed by atoms with Crippen molar-refractivity contribution in [2.24, 2.45) is 0 Å². The Bertz CT molecular complexity index is 660. The van der Waals surface area contributed by atoms with E-state index in [-0.39, 0.29) is 12.0 Å². The summed E-state index contributed by atoms with van der Waals surface area (Å²) in [5, 5.41) is 9.57. The first-order chi connectivity index (χ1) is 9.54. The highest BCUT2D eigenvalue weighted by Crippen LogP contribution is 2.46. The lowest BCUT2D eigenvalue weighted by Gasteiger charge is -2.14. The van der Waals surface area contributed by atoms with Crippen LogP contribution in [0.1, 0.15) is 35.5 Å². The summed E-state index contributed by atoms with van der Waals surface area (Å²) >= 11 is 0. The summed E-state index contributed by atoms with van der Waals surface area (Å²) in [5.74, 6) is 0.801. The Morgan fingerprint density at radius 1 is 1.10 bits per heavy atom. The molecule has 2 aromatic rings. The van der Waals surface area contributed by atoms with E-state index in [1.807, 2.05) is 13.0 Å². The molecule has 104 valence electrons. The first-order valence-electron chi connectivity index (χ1n) is 7.09. The molecule has 3 heteroatoms. The first kappa shape index (κ1) is 13.3. The van der Waals surface area contributed by atoms with Crippen molar-refractivity contribution < 1.29 is 5.11 Å². The molecule has 1 fully saturated rings. The summed E-state index contributed by atoms with van der Waals surface area (Å²) in [4.78, 5) is 9.27. The molecule has 1 saturated carbocycles. The SMILES string of the molecule is Cc1ccc(-c2cc(C)nc(C3(CO)CC3)n2)c(C)c1. The fourth-order valence-electron chi connectivity index (χ4n) is 2.65. The minimum absolute atomic E-state index is 0.142. The van der Waals surface area contributed by atoms with Gasteiger partial charge < -0.3 is 5.11 Å². The third-order valence-electron chi connectivity index (χ3n) is 4.14. The second kappa shape index (κ2) is 4.67. The molecule has 1 aromatic heterocycles. The largest absolute Gasteiger partial charge is 0.395 e. The molecule has 3 rings (SSSR count). The lowest BCUT2D eigenvalue weighted by molar-refractivity contribution is 0.249. The van der Waals surface area contributed by atoms with Gasteiger partial charge >= 0.3 is 0 Å². The van der Waals surface area contributed by atoms with Crippen LogP contribution in [-0.2, 0) is 5.41 Å².